The summed E-state index contributed by atoms with van der Waals surface area (Å²) in [7, 11) is 1.72. The van der Waals surface area contributed by atoms with E-state index in [1.807, 2.05) is 0 Å². The Kier molecular flexibility index (Phi) is 5.05. The molecule has 1 heterocycles. The number of hydrogen-bond donors (Lipinski definition) is 1. The number of aryl methyl sites for hydroxylation is 1. The summed E-state index contributed by atoms with van der Waals surface area (Å²) in [6.45, 7) is 0.516. The quantitative estimate of drug-likeness (QED) is 0.798. The standard InChI is InChI=1S/C12H14FN5OS/c1-18-12(15-16-17-18)20-8-11(19)14-7-6-9-2-4-10(13)5-3-9/h2-5H,6-8H2,1H3,(H,14,19). The molecule has 2 aromatic rings. The first kappa shape index (κ1) is 14.4. The lowest BCUT2D eigenvalue weighted by atomic mass is 10.1. The van der Waals surface area contributed by atoms with Crippen LogP contribution in [0.5, 0.6) is 0 Å². The second kappa shape index (κ2) is 6.99. The minimum Gasteiger partial charge on any atom is -0.355 e. The van der Waals surface area contributed by atoms with Crippen LogP contribution in [-0.4, -0.2) is 38.4 Å². The number of halogens is 1. The predicted molar refractivity (Wildman–Crippen MR) is 72.6 cm³/mol. The molecule has 0 atom stereocenters. The van der Waals surface area contributed by atoms with E-state index in [2.05, 4.69) is 20.8 Å². The molecule has 2 rings (SSSR count). The lowest BCUT2D eigenvalue weighted by Crippen LogP contribution is -2.27. The number of nitrogens with zero attached hydrogens (tertiary/aromatic N) is 4. The van der Waals surface area contributed by atoms with Crippen LogP contribution in [0.15, 0.2) is 29.4 Å². The number of nitrogens with one attached hydrogen (secondary N) is 1. The largest absolute Gasteiger partial charge is 0.355 e. The third kappa shape index (κ3) is 4.30. The lowest BCUT2D eigenvalue weighted by Gasteiger charge is -2.04. The summed E-state index contributed by atoms with van der Waals surface area (Å²) in [5.41, 5.74) is 0.983. The van der Waals surface area contributed by atoms with Crippen LogP contribution in [0.2, 0.25) is 0 Å². The van der Waals surface area contributed by atoms with Crippen molar-refractivity contribution in [3.63, 3.8) is 0 Å². The van der Waals surface area contributed by atoms with E-state index in [1.54, 1.807) is 19.2 Å². The zero-order valence-electron chi connectivity index (χ0n) is 10.9. The molecule has 106 valence electrons. The highest BCUT2D eigenvalue weighted by atomic mass is 32.2. The van der Waals surface area contributed by atoms with Crippen LogP contribution in [0.3, 0.4) is 0 Å². The second-order valence-electron chi connectivity index (χ2n) is 4.10. The maximum atomic E-state index is 12.7. The molecular weight excluding hydrogens is 281 g/mol. The molecule has 0 aliphatic rings. The number of benzene rings is 1. The molecule has 20 heavy (non-hydrogen) atoms. The van der Waals surface area contributed by atoms with Gasteiger partial charge in [0.05, 0.1) is 5.75 Å². The normalized spacial score (nSPS) is 10.5. The van der Waals surface area contributed by atoms with Crippen molar-refractivity contribution >= 4 is 17.7 Å². The molecule has 0 spiro atoms. The van der Waals surface area contributed by atoms with E-state index in [4.69, 9.17) is 0 Å². The number of rotatable bonds is 6. The first-order valence-corrected chi connectivity index (χ1v) is 7.00. The van der Waals surface area contributed by atoms with Crippen molar-refractivity contribution < 1.29 is 9.18 Å². The first-order valence-electron chi connectivity index (χ1n) is 6.01. The Morgan fingerprint density at radius 1 is 1.40 bits per heavy atom. The van der Waals surface area contributed by atoms with Gasteiger partial charge >= 0.3 is 0 Å². The van der Waals surface area contributed by atoms with Gasteiger partial charge in [0, 0.05) is 13.6 Å². The van der Waals surface area contributed by atoms with E-state index in [0.717, 1.165) is 5.56 Å². The number of carbonyl (C=O) groups is 1. The second-order valence-corrected chi connectivity index (χ2v) is 5.04. The predicted octanol–water partition coefficient (Wildman–Crippen LogP) is 0.800. The number of amides is 1. The van der Waals surface area contributed by atoms with E-state index in [0.29, 0.717) is 18.1 Å². The number of thioether (sulfide) groups is 1. The van der Waals surface area contributed by atoms with Gasteiger partial charge < -0.3 is 5.32 Å². The van der Waals surface area contributed by atoms with E-state index in [9.17, 15) is 9.18 Å². The smallest absolute Gasteiger partial charge is 0.230 e. The highest BCUT2D eigenvalue weighted by Gasteiger charge is 2.07. The van der Waals surface area contributed by atoms with Gasteiger partial charge in [0.2, 0.25) is 11.1 Å². The molecule has 0 radical (unpaired) electrons. The summed E-state index contributed by atoms with van der Waals surface area (Å²) >= 11 is 1.28. The summed E-state index contributed by atoms with van der Waals surface area (Å²) in [5, 5.41) is 14.3. The van der Waals surface area contributed by atoms with E-state index < -0.39 is 0 Å². The molecule has 1 aromatic carbocycles. The van der Waals surface area contributed by atoms with E-state index >= 15 is 0 Å². The molecule has 0 saturated carbocycles. The van der Waals surface area contributed by atoms with Crippen molar-refractivity contribution in [3.8, 4) is 0 Å². The average Bonchev–Trinajstić information content (AvgIpc) is 2.84. The Balaban J connectivity index is 1.68. The van der Waals surface area contributed by atoms with Crippen LogP contribution in [0.1, 0.15) is 5.56 Å². The molecule has 0 saturated heterocycles. The van der Waals surface area contributed by atoms with Crippen LogP contribution in [-0.2, 0) is 18.3 Å². The molecule has 0 aliphatic carbocycles. The van der Waals surface area contributed by atoms with Crippen LogP contribution >= 0.6 is 11.8 Å². The fourth-order valence-corrected chi connectivity index (χ4v) is 2.20. The van der Waals surface area contributed by atoms with Crippen LogP contribution < -0.4 is 5.32 Å². The number of hydrogen-bond acceptors (Lipinski definition) is 5. The average molecular weight is 295 g/mol. The molecule has 6 nitrogen and oxygen atoms in total. The van der Waals surface area contributed by atoms with Crippen LogP contribution in [0.25, 0.3) is 0 Å². The summed E-state index contributed by atoms with van der Waals surface area (Å²) in [4.78, 5) is 11.6. The van der Waals surface area contributed by atoms with Gasteiger partial charge in [-0.2, -0.15) is 0 Å². The van der Waals surface area contributed by atoms with Crippen molar-refractivity contribution in [2.75, 3.05) is 12.3 Å². The molecule has 1 amide bonds. The molecule has 1 aromatic heterocycles. The van der Waals surface area contributed by atoms with Crippen LogP contribution in [0.4, 0.5) is 4.39 Å². The summed E-state index contributed by atoms with van der Waals surface area (Å²) in [6, 6.07) is 6.24. The maximum Gasteiger partial charge on any atom is 0.230 e. The fourth-order valence-electron chi connectivity index (χ4n) is 1.52. The maximum absolute atomic E-state index is 12.7. The molecule has 8 heteroatoms. The summed E-state index contributed by atoms with van der Waals surface area (Å²) < 4.78 is 14.2. The Morgan fingerprint density at radius 2 is 2.15 bits per heavy atom. The molecular formula is C12H14FN5OS. The summed E-state index contributed by atoms with van der Waals surface area (Å²) in [6.07, 6.45) is 0.669. The van der Waals surface area contributed by atoms with Crippen molar-refractivity contribution in [2.24, 2.45) is 7.05 Å². The van der Waals surface area contributed by atoms with Crippen molar-refractivity contribution in [1.29, 1.82) is 0 Å². The van der Waals surface area contributed by atoms with E-state index in [1.165, 1.54) is 28.6 Å². The van der Waals surface area contributed by atoms with Gasteiger partial charge in [0.15, 0.2) is 0 Å². The van der Waals surface area contributed by atoms with Gasteiger partial charge in [-0.15, -0.1) is 5.10 Å². The Morgan fingerprint density at radius 3 is 2.80 bits per heavy atom. The Hall–Kier alpha value is -1.96. The first-order chi connectivity index (χ1) is 9.65. The zero-order chi connectivity index (χ0) is 14.4. The van der Waals surface area contributed by atoms with Crippen LogP contribution in [0, 0.1) is 5.82 Å². The Bertz CT molecular complexity index is 571. The molecule has 1 N–H and O–H groups in total. The molecule has 0 bridgehead atoms. The fraction of sp³-hybridized carbons (Fsp3) is 0.333. The Labute approximate surface area is 119 Å². The zero-order valence-corrected chi connectivity index (χ0v) is 11.7. The number of aromatic nitrogens is 4. The molecule has 0 fully saturated rings. The van der Waals surface area contributed by atoms with Gasteiger partial charge in [-0.25, -0.2) is 9.07 Å². The molecule has 0 aliphatic heterocycles. The van der Waals surface area contributed by atoms with E-state index in [-0.39, 0.29) is 17.5 Å². The third-order valence-corrected chi connectivity index (χ3v) is 3.57. The highest BCUT2D eigenvalue weighted by Crippen LogP contribution is 2.11. The number of carbonyl (C=O) groups excluding carboxylic acids is 1. The van der Waals surface area contributed by atoms with Gasteiger partial charge in [-0.3, -0.25) is 4.79 Å². The lowest BCUT2D eigenvalue weighted by molar-refractivity contribution is -0.118. The molecule has 0 unspecified atom stereocenters. The third-order valence-electron chi connectivity index (χ3n) is 2.56. The SMILES string of the molecule is Cn1nnnc1SCC(=O)NCCc1ccc(F)cc1. The van der Waals surface area contributed by atoms with Gasteiger partial charge in [0.1, 0.15) is 5.82 Å². The van der Waals surface area contributed by atoms with Gasteiger partial charge in [0.25, 0.3) is 0 Å². The highest BCUT2D eigenvalue weighted by molar-refractivity contribution is 7.99. The van der Waals surface area contributed by atoms with Crippen molar-refractivity contribution in [2.45, 2.75) is 11.6 Å². The van der Waals surface area contributed by atoms with Crippen molar-refractivity contribution in [1.82, 2.24) is 25.5 Å². The van der Waals surface area contributed by atoms with Gasteiger partial charge in [-0.1, -0.05) is 23.9 Å². The van der Waals surface area contributed by atoms with Gasteiger partial charge in [-0.05, 0) is 34.5 Å². The number of tetrazole rings is 1. The monoisotopic (exact) mass is 295 g/mol. The van der Waals surface area contributed by atoms with Crippen molar-refractivity contribution in [3.05, 3.63) is 35.6 Å². The topological polar surface area (TPSA) is 72.7 Å². The minimum absolute atomic E-state index is 0.0832. The minimum atomic E-state index is -0.258. The summed E-state index contributed by atoms with van der Waals surface area (Å²) in [5.74, 6) is -0.0796.